The molecule has 0 bridgehead atoms. The molecule has 48 heavy (non-hydrogen) atoms. The summed E-state index contributed by atoms with van der Waals surface area (Å²) in [4.78, 5) is 0. The van der Waals surface area contributed by atoms with E-state index >= 15 is 0 Å². The van der Waals surface area contributed by atoms with Crippen LogP contribution in [0, 0.1) is 22.7 Å². The van der Waals surface area contributed by atoms with Gasteiger partial charge in [-0.1, -0.05) is 91.0 Å². The van der Waals surface area contributed by atoms with E-state index in [4.69, 9.17) is 4.42 Å². The van der Waals surface area contributed by atoms with Gasteiger partial charge in [-0.25, -0.2) is 0 Å². The second-order valence-electron chi connectivity index (χ2n) is 12.7. The maximum Gasteiger partial charge on any atom is 0.135 e. The molecule has 0 unspecified atom stereocenters. The maximum absolute atomic E-state index is 9.63. The summed E-state index contributed by atoms with van der Waals surface area (Å²) in [7, 11) is 0. The Hall–Kier alpha value is -6.68. The molecule has 10 rings (SSSR count). The summed E-state index contributed by atoms with van der Waals surface area (Å²) in [5.74, 6) is 0. The zero-order valence-electron chi connectivity index (χ0n) is 25.7. The van der Waals surface area contributed by atoms with Gasteiger partial charge in [0.25, 0.3) is 0 Å². The van der Waals surface area contributed by atoms with E-state index in [1.165, 1.54) is 44.5 Å². The van der Waals surface area contributed by atoms with Crippen LogP contribution in [0.4, 0.5) is 0 Å². The van der Waals surface area contributed by atoms with E-state index in [-0.39, 0.29) is 0 Å². The lowest BCUT2D eigenvalue weighted by Crippen LogP contribution is -2.25. The lowest BCUT2D eigenvalue weighted by Gasteiger charge is -2.30. The van der Waals surface area contributed by atoms with Gasteiger partial charge >= 0.3 is 0 Å². The zero-order valence-corrected chi connectivity index (χ0v) is 25.7. The average Bonchev–Trinajstić information content (AvgIpc) is 3.76. The van der Waals surface area contributed by atoms with Gasteiger partial charge in [0.15, 0.2) is 0 Å². The Morgan fingerprint density at radius 1 is 0.396 bits per heavy atom. The minimum atomic E-state index is -0.499. The van der Waals surface area contributed by atoms with Crippen LogP contribution < -0.4 is 0 Å². The first-order valence-corrected chi connectivity index (χ1v) is 16.0. The average molecular weight is 609 g/mol. The molecule has 0 saturated heterocycles. The van der Waals surface area contributed by atoms with E-state index < -0.39 is 5.41 Å². The highest BCUT2D eigenvalue weighted by atomic mass is 16.3. The van der Waals surface area contributed by atoms with Crippen LogP contribution in [0.25, 0.3) is 66.4 Å². The second kappa shape index (κ2) is 9.66. The molecule has 1 heterocycles. The number of benzene rings is 7. The number of nitriles is 2. The van der Waals surface area contributed by atoms with Crippen molar-refractivity contribution in [2.45, 2.75) is 5.41 Å². The molecule has 0 saturated carbocycles. The number of fused-ring (bicyclic) bond motifs is 13. The molecule has 7 aromatic carbocycles. The first-order chi connectivity index (χ1) is 23.7. The highest BCUT2D eigenvalue weighted by molar-refractivity contribution is 6.10. The van der Waals surface area contributed by atoms with E-state index in [0.717, 1.165) is 44.2 Å². The molecule has 0 atom stereocenters. The van der Waals surface area contributed by atoms with Crippen molar-refractivity contribution in [2.75, 3.05) is 0 Å². The molecule has 2 aliphatic rings. The molecule has 0 fully saturated rings. The summed E-state index contributed by atoms with van der Waals surface area (Å²) in [6.45, 7) is 0. The first-order valence-electron chi connectivity index (χ1n) is 16.0. The van der Waals surface area contributed by atoms with Crippen molar-refractivity contribution in [2.24, 2.45) is 0 Å². The molecular weight excluding hydrogens is 585 g/mol. The Morgan fingerprint density at radius 2 is 0.938 bits per heavy atom. The minimum Gasteiger partial charge on any atom is -0.456 e. The number of hydrogen-bond acceptors (Lipinski definition) is 3. The van der Waals surface area contributed by atoms with E-state index in [1.807, 2.05) is 48.5 Å². The van der Waals surface area contributed by atoms with Crippen molar-refractivity contribution < 1.29 is 4.42 Å². The van der Waals surface area contributed by atoms with Crippen molar-refractivity contribution in [3.8, 4) is 56.6 Å². The molecule has 0 radical (unpaired) electrons. The van der Waals surface area contributed by atoms with Crippen molar-refractivity contribution in [3.63, 3.8) is 0 Å². The lowest BCUT2D eigenvalue weighted by molar-refractivity contribution is 0.666. The molecule has 220 valence electrons. The fourth-order valence-corrected chi connectivity index (χ4v) is 8.31. The van der Waals surface area contributed by atoms with Crippen LogP contribution in [0.2, 0.25) is 0 Å². The molecule has 1 spiro atoms. The summed E-state index contributed by atoms with van der Waals surface area (Å²) in [5.41, 5.74) is 16.5. The van der Waals surface area contributed by atoms with Crippen LogP contribution in [-0.4, -0.2) is 0 Å². The van der Waals surface area contributed by atoms with Gasteiger partial charge in [-0.3, -0.25) is 0 Å². The standard InChI is InChI=1S/C45H24N2O/c46-25-27-7-5-9-29(19-27)31-15-17-41-35(21-31)36-23-38-37-22-32(30-10-6-8-28(20-30)26-47)16-18-43(37)48-44(38)24-42(36)45(41)39-13-3-1-11-33(39)34-12-2-4-14-40(34)45/h1-24H. The molecule has 3 nitrogen and oxygen atoms in total. The van der Waals surface area contributed by atoms with Gasteiger partial charge in [0.1, 0.15) is 11.2 Å². The van der Waals surface area contributed by atoms with E-state index in [0.29, 0.717) is 11.1 Å². The van der Waals surface area contributed by atoms with Crippen molar-refractivity contribution >= 4 is 21.9 Å². The van der Waals surface area contributed by atoms with E-state index in [9.17, 15) is 10.5 Å². The number of nitrogens with zero attached hydrogens (tertiary/aromatic N) is 2. The number of hydrogen-bond donors (Lipinski definition) is 0. The lowest BCUT2D eigenvalue weighted by atomic mass is 9.70. The van der Waals surface area contributed by atoms with Gasteiger partial charge < -0.3 is 4.42 Å². The fraction of sp³-hybridized carbons (Fsp3) is 0.0222. The highest BCUT2D eigenvalue weighted by Crippen LogP contribution is 2.63. The Balaban J connectivity index is 1.29. The third-order valence-corrected chi connectivity index (χ3v) is 10.3. The van der Waals surface area contributed by atoms with Gasteiger partial charge in [-0.2, -0.15) is 10.5 Å². The molecule has 3 heteroatoms. The smallest absolute Gasteiger partial charge is 0.135 e. The molecule has 2 aliphatic carbocycles. The van der Waals surface area contributed by atoms with Gasteiger partial charge in [0.05, 0.1) is 28.7 Å². The summed E-state index contributed by atoms with van der Waals surface area (Å²) in [6, 6.07) is 55.4. The van der Waals surface area contributed by atoms with Crippen LogP contribution in [0.3, 0.4) is 0 Å². The molecule has 0 amide bonds. The molecule has 1 aromatic heterocycles. The van der Waals surface area contributed by atoms with Gasteiger partial charge in [0.2, 0.25) is 0 Å². The van der Waals surface area contributed by atoms with Crippen LogP contribution in [0.1, 0.15) is 33.4 Å². The van der Waals surface area contributed by atoms with Gasteiger partial charge in [-0.05, 0) is 121 Å². The van der Waals surface area contributed by atoms with Crippen molar-refractivity contribution in [3.05, 3.63) is 179 Å². The summed E-state index contributed by atoms with van der Waals surface area (Å²) in [6.07, 6.45) is 0. The minimum absolute atomic E-state index is 0.499. The van der Waals surface area contributed by atoms with E-state index in [2.05, 4.69) is 109 Å². The van der Waals surface area contributed by atoms with E-state index in [1.54, 1.807) is 0 Å². The van der Waals surface area contributed by atoms with Crippen LogP contribution >= 0.6 is 0 Å². The van der Waals surface area contributed by atoms with Crippen LogP contribution in [-0.2, 0) is 5.41 Å². The normalized spacial score (nSPS) is 13.1. The maximum atomic E-state index is 9.63. The SMILES string of the molecule is N#Cc1cccc(-c2ccc3c(c2)-c2cc4c(cc2C32c3ccccc3-c3ccccc32)oc2ccc(-c3cccc(C#N)c3)cc24)c1. The van der Waals surface area contributed by atoms with Crippen molar-refractivity contribution in [1.82, 2.24) is 0 Å². The molecule has 0 aliphatic heterocycles. The van der Waals surface area contributed by atoms with Crippen LogP contribution in [0.15, 0.2) is 150 Å². The zero-order chi connectivity index (χ0) is 32.0. The van der Waals surface area contributed by atoms with Crippen molar-refractivity contribution in [1.29, 1.82) is 10.5 Å². The quantitative estimate of drug-likeness (QED) is 0.196. The molecule has 0 N–H and O–H groups in total. The largest absolute Gasteiger partial charge is 0.456 e. The number of rotatable bonds is 2. The summed E-state index contributed by atoms with van der Waals surface area (Å²) in [5, 5.41) is 21.2. The van der Waals surface area contributed by atoms with Crippen LogP contribution in [0.5, 0.6) is 0 Å². The highest BCUT2D eigenvalue weighted by Gasteiger charge is 2.52. The summed E-state index contributed by atoms with van der Waals surface area (Å²) >= 11 is 0. The summed E-state index contributed by atoms with van der Waals surface area (Å²) < 4.78 is 6.63. The van der Waals surface area contributed by atoms with Gasteiger partial charge in [0, 0.05) is 10.8 Å². The van der Waals surface area contributed by atoms with Gasteiger partial charge in [-0.15, -0.1) is 0 Å². The first kappa shape index (κ1) is 26.5. The Morgan fingerprint density at radius 3 is 1.60 bits per heavy atom. The Kier molecular flexibility index (Phi) is 5.34. The fourth-order valence-electron chi connectivity index (χ4n) is 8.31. The topological polar surface area (TPSA) is 60.7 Å². The molecular formula is C45H24N2O. The molecule has 8 aromatic rings. The third-order valence-electron chi connectivity index (χ3n) is 10.3. The predicted molar refractivity (Wildman–Crippen MR) is 190 cm³/mol. The second-order valence-corrected chi connectivity index (χ2v) is 12.7. The monoisotopic (exact) mass is 608 g/mol. The predicted octanol–water partition coefficient (Wildman–Crippen LogP) is 11.0. The third kappa shape index (κ3) is 3.45. The number of furan rings is 1. The Bertz CT molecular complexity index is 2720. The Labute approximate surface area is 277 Å².